The van der Waals surface area contributed by atoms with E-state index in [9.17, 15) is 0 Å². The van der Waals surface area contributed by atoms with Gasteiger partial charge in [-0.3, -0.25) is 0 Å². The number of nitrogens with zero attached hydrogens (tertiary/aromatic N) is 1. The maximum atomic E-state index is 5.64. The summed E-state index contributed by atoms with van der Waals surface area (Å²) in [7, 11) is 0. The van der Waals surface area contributed by atoms with Crippen LogP contribution in [0.1, 0.15) is 17.9 Å². The number of halogens is 1. The van der Waals surface area contributed by atoms with Crippen LogP contribution in [-0.4, -0.2) is 10.9 Å². The lowest BCUT2D eigenvalue weighted by molar-refractivity contribution is 0.561. The molecule has 0 N–H and O–H groups in total. The number of oxazole rings is 1. The van der Waals surface area contributed by atoms with Crippen molar-refractivity contribution in [3.05, 3.63) is 29.7 Å². The van der Waals surface area contributed by atoms with Gasteiger partial charge in [-0.25, -0.2) is 4.98 Å². The number of rotatable bonds is 3. The Morgan fingerprint density at radius 1 is 1.43 bits per heavy atom. The SMILES string of the molecule is Cc1nc2cc(CCCCl)ccc2o1. The summed E-state index contributed by atoms with van der Waals surface area (Å²) in [6.07, 6.45) is 2.01. The Morgan fingerprint density at radius 2 is 2.29 bits per heavy atom. The molecule has 3 heteroatoms. The number of benzene rings is 1. The Kier molecular flexibility index (Phi) is 2.73. The first-order valence-corrected chi connectivity index (χ1v) is 5.25. The molecule has 0 radical (unpaired) electrons. The zero-order chi connectivity index (χ0) is 9.97. The molecule has 0 unspecified atom stereocenters. The maximum absolute atomic E-state index is 5.64. The lowest BCUT2D eigenvalue weighted by atomic mass is 10.1. The van der Waals surface area contributed by atoms with Gasteiger partial charge in [0.05, 0.1) is 0 Å². The molecular weight excluding hydrogens is 198 g/mol. The van der Waals surface area contributed by atoms with E-state index in [0.29, 0.717) is 5.88 Å². The van der Waals surface area contributed by atoms with Gasteiger partial charge in [-0.2, -0.15) is 0 Å². The van der Waals surface area contributed by atoms with E-state index < -0.39 is 0 Å². The van der Waals surface area contributed by atoms with Crippen molar-refractivity contribution in [2.24, 2.45) is 0 Å². The monoisotopic (exact) mass is 209 g/mol. The first kappa shape index (κ1) is 9.53. The highest BCUT2D eigenvalue weighted by molar-refractivity contribution is 6.17. The van der Waals surface area contributed by atoms with E-state index >= 15 is 0 Å². The predicted molar refractivity (Wildman–Crippen MR) is 57.8 cm³/mol. The van der Waals surface area contributed by atoms with Crippen LogP contribution in [0.15, 0.2) is 22.6 Å². The van der Waals surface area contributed by atoms with Gasteiger partial charge in [0.25, 0.3) is 0 Å². The van der Waals surface area contributed by atoms with Crippen LogP contribution in [0.25, 0.3) is 11.1 Å². The van der Waals surface area contributed by atoms with Gasteiger partial charge in [0.1, 0.15) is 5.52 Å². The summed E-state index contributed by atoms with van der Waals surface area (Å²) in [6, 6.07) is 6.11. The van der Waals surface area contributed by atoms with Crippen molar-refractivity contribution in [3.63, 3.8) is 0 Å². The van der Waals surface area contributed by atoms with Crippen molar-refractivity contribution in [2.75, 3.05) is 5.88 Å². The van der Waals surface area contributed by atoms with Crippen LogP contribution < -0.4 is 0 Å². The summed E-state index contributed by atoms with van der Waals surface area (Å²) in [6.45, 7) is 1.86. The Labute approximate surface area is 87.9 Å². The Morgan fingerprint density at radius 3 is 3.07 bits per heavy atom. The molecule has 0 aliphatic rings. The number of alkyl halides is 1. The molecule has 0 aliphatic heterocycles. The second kappa shape index (κ2) is 4.01. The van der Waals surface area contributed by atoms with Crippen molar-refractivity contribution >= 4 is 22.7 Å². The third kappa shape index (κ3) is 1.90. The van der Waals surface area contributed by atoms with E-state index in [0.717, 1.165) is 29.8 Å². The zero-order valence-electron chi connectivity index (χ0n) is 8.09. The first-order chi connectivity index (χ1) is 6.79. The second-order valence-corrected chi connectivity index (χ2v) is 3.71. The van der Waals surface area contributed by atoms with E-state index in [1.165, 1.54) is 5.56 Å². The molecule has 74 valence electrons. The molecule has 2 nitrogen and oxygen atoms in total. The van der Waals surface area contributed by atoms with E-state index in [4.69, 9.17) is 16.0 Å². The van der Waals surface area contributed by atoms with Crippen molar-refractivity contribution in [1.29, 1.82) is 0 Å². The molecule has 0 amide bonds. The summed E-state index contributed by atoms with van der Waals surface area (Å²) in [5.74, 6) is 1.42. The van der Waals surface area contributed by atoms with E-state index in [-0.39, 0.29) is 0 Å². The second-order valence-electron chi connectivity index (χ2n) is 3.33. The number of hydrogen-bond donors (Lipinski definition) is 0. The van der Waals surface area contributed by atoms with Crippen LogP contribution in [0.2, 0.25) is 0 Å². The molecular formula is C11H12ClNO. The van der Waals surface area contributed by atoms with Gasteiger partial charge < -0.3 is 4.42 Å². The van der Waals surface area contributed by atoms with Gasteiger partial charge >= 0.3 is 0 Å². The van der Waals surface area contributed by atoms with E-state index in [1.54, 1.807) is 0 Å². The molecule has 0 aliphatic carbocycles. The highest BCUT2D eigenvalue weighted by Crippen LogP contribution is 2.17. The lowest BCUT2D eigenvalue weighted by Gasteiger charge is -1.97. The molecule has 0 bridgehead atoms. The maximum Gasteiger partial charge on any atom is 0.192 e. The highest BCUT2D eigenvalue weighted by Gasteiger charge is 2.02. The standard InChI is InChI=1S/C11H12ClNO/c1-8-13-10-7-9(3-2-6-12)4-5-11(10)14-8/h4-5,7H,2-3,6H2,1H3. The number of hydrogen-bond acceptors (Lipinski definition) is 2. The fraction of sp³-hybridized carbons (Fsp3) is 0.364. The Balaban J connectivity index is 2.31. The molecule has 1 heterocycles. The molecule has 0 saturated carbocycles. The average molecular weight is 210 g/mol. The third-order valence-corrected chi connectivity index (χ3v) is 2.43. The number of aryl methyl sites for hydroxylation is 2. The van der Waals surface area contributed by atoms with Crippen molar-refractivity contribution < 1.29 is 4.42 Å². The smallest absolute Gasteiger partial charge is 0.192 e. The minimum Gasteiger partial charge on any atom is -0.441 e. The Hall–Kier alpha value is -1.02. The average Bonchev–Trinajstić information content (AvgIpc) is 2.54. The molecule has 0 saturated heterocycles. The number of aromatic nitrogens is 1. The number of fused-ring (bicyclic) bond motifs is 1. The molecule has 1 aromatic carbocycles. The summed E-state index contributed by atoms with van der Waals surface area (Å²) < 4.78 is 5.39. The fourth-order valence-electron chi connectivity index (χ4n) is 1.51. The zero-order valence-corrected chi connectivity index (χ0v) is 8.84. The topological polar surface area (TPSA) is 26.0 Å². The minimum atomic E-state index is 0.704. The van der Waals surface area contributed by atoms with Gasteiger partial charge in [-0.15, -0.1) is 11.6 Å². The molecule has 1 aromatic heterocycles. The quantitative estimate of drug-likeness (QED) is 0.725. The molecule has 0 atom stereocenters. The van der Waals surface area contributed by atoms with Crippen molar-refractivity contribution in [1.82, 2.24) is 4.98 Å². The molecule has 2 aromatic rings. The van der Waals surface area contributed by atoms with Gasteiger partial charge in [-0.1, -0.05) is 6.07 Å². The van der Waals surface area contributed by atoms with E-state index in [2.05, 4.69) is 17.1 Å². The van der Waals surface area contributed by atoms with E-state index in [1.807, 2.05) is 13.0 Å². The van der Waals surface area contributed by atoms with Crippen molar-refractivity contribution in [2.45, 2.75) is 19.8 Å². The Bertz CT molecular complexity index is 436. The molecule has 14 heavy (non-hydrogen) atoms. The normalized spacial score (nSPS) is 11.0. The van der Waals surface area contributed by atoms with Crippen molar-refractivity contribution in [3.8, 4) is 0 Å². The van der Waals surface area contributed by atoms with Crippen LogP contribution in [0.5, 0.6) is 0 Å². The first-order valence-electron chi connectivity index (χ1n) is 4.71. The summed E-state index contributed by atoms with van der Waals surface area (Å²) >= 11 is 5.64. The summed E-state index contributed by atoms with van der Waals surface area (Å²) in [4.78, 5) is 4.28. The largest absolute Gasteiger partial charge is 0.441 e. The molecule has 2 rings (SSSR count). The minimum absolute atomic E-state index is 0.704. The van der Waals surface area contributed by atoms with Gasteiger partial charge in [0.2, 0.25) is 0 Å². The van der Waals surface area contributed by atoms with Crippen LogP contribution in [-0.2, 0) is 6.42 Å². The molecule has 0 spiro atoms. The van der Waals surface area contributed by atoms with Gasteiger partial charge in [-0.05, 0) is 30.5 Å². The fourth-order valence-corrected chi connectivity index (χ4v) is 1.65. The molecule has 0 fully saturated rings. The van der Waals surface area contributed by atoms with Crippen LogP contribution >= 0.6 is 11.6 Å². The summed E-state index contributed by atoms with van der Waals surface area (Å²) in [5, 5.41) is 0. The highest BCUT2D eigenvalue weighted by atomic mass is 35.5. The summed E-state index contributed by atoms with van der Waals surface area (Å²) in [5.41, 5.74) is 3.07. The third-order valence-electron chi connectivity index (χ3n) is 2.16. The van der Waals surface area contributed by atoms with Crippen LogP contribution in [0.3, 0.4) is 0 Å². The van der Waals surface area contributed by atoms with Crippen LogP contribution in [0, 0.1) is 6.92 Å². The predicted octanol–water partition coefficient (Wildman–Crippen LogP) is 3.31. The lowest BCUT2D eigenvalue weighted by Crippen LogP contribution is -1.85. The van der Waals surface area contributed by atoms with Crippen LogP contribution in [0.4, 0.5) is 0 Å². The van der Waals surface area contributed by atoms with Gasteiger partial charge in [0, 0.05) is 12.8 Å². The van der Waals surface area contributed by atoms with Gasteiger partial charge in [0.15, 0.2) is 11.5 Å².